The summed E-state index contributed by atoms with van der Waals surface area (Å²) in [5.74, 6) is -4.37. The van der Waals surface area contributed by atoms with Crippen LogP contribution in [0.2, 0.25) is 0 Å². The Balaban J connectivity index is 1.81. The van der Waals surface area contributed by atoms with Crippen molar-refractivity contribution in [3.05, 3.63) is 64.9 Å². The molecule has 8 nitrogen and oxygen atoms in total. The highest BCUT2D eigenvalue weighted by molar-refractivity contribution is 7.92. The summed E-state index contributed by atoms with van der Waals surface area (Å²) in [5, 5.41) is 12.4. The molecule has 2 aromatic carbocycles. The summed E-state index contributed by atoms with van der Waals surface area (Å²) in [6, 6.07) is 7.09. The average molecular weight is 509 g/mol. The first-order valence-electron chi connectivity index (χ1n) is 10.7. The molecule has 1 aromatic heterocycles. The van der Waals surface area contributed by atoms with Crippen LogP contribution >= 0.6 is 0 Å². The number of halogens is 2. The third-order valence-corrected chi connectivity index (χ3v) is 7.05. The predicted octanol–water partition coefficient (Wildman–Crippen LogP) is 2.95. The van der Waals surface area contributed by atoms with E-state index in [0.717, 1.165) is 0 Å². The largest absolute Gasteiger partial charge is 0.462 e. The molecule has 0 bridgehead atoms. The number of esters is 1. The summed E-state index contributed by atoms with van der Waals surface area (Å²) >= 11 is 0. The van der Waals surface area contributed by atoms with Gasteiger partial charge in [0, 0.05) is 12.4 Å². The SMILES string of the molecule is Cc1cc2c(cc(C(=O)NC(CO)c3ccc(S(=O)(=O)CC(=O)OC(C)C)cc3)n2C)c(F)c1F. The maximum absolute atomic E-state index is 14.3. The van der Waals surface area contributed by atoms with Crippen LogP contribution in [0.5, 0.6) is 0 Å². The fraction of sp³-hybridized carbons (Fsp3) is 0.333. The van der Waals surface area contributed by atoms with Crippen LogP contribution in [0.3, 0.4) is 0 Å². The Morgan fingerprint density at radius 1 is 1.11 bits per heavy atom. The van der Waals surface area contributed by atoms with E-state index in [-0.39, 0.29) is 21.5 Å². The lowest BCUT2D eigenvalue weighted by atomic mass is 10.1. The van der Waals surface area contributed by atoms with E-state index in [9.17, 15) is 31.9 Å². The van der Waals surface area contributed by atoms with Crippen LogP contribution in [-0.2, 0) is 26.4 Å². The number of aliphatic hydroxyl groups excluding tert-OH is 1. The maximum atomic E-state index is 14.3. The van der Waals surface area contributed by atoms with Gasteiger partial charge >= 0.3 is 5.97 Å². The van der Waals surface area contributed by atoms with Crippen LogP contribution in [0.1, 0.15) is 41.5 Å². The Labute approximate surface area is 201 Å². The molecule has 1 heterocycles. The molecule has 2 N–H and O–H groups in total. The van der Waals surface area contributed by atoms with Crippen LogP contribution < -0.4 is 5.32 Å². The zero-order chi connectivity index (χ0) is 26.1. The number of nitrogens with zero attached hydrogens (tertiary/aromatic N) is 1. The number of carbonyl (C=O) groups is 2. The van der Waals surface area contributed by atoms with E-state index < -0.39 is 57.9 Å². The number of rotatable bonds is 8. The molecule has 35 heavy (non-hydrogen) atoms. The average Bonchev–Trinajstić information content (AvgIpc) is 3.11. The summed E-state index contributed by atoms with van der Waals surface area (Å²) in [6.07, 6.45) is -0.449. The molecule has 188 valence electrons. The Morgan fingerprint density at radius 3 is 2.31 bits per heavy atom. The Bertz CT molecular complexity index is 1380. The first kappa shape index (κ1) is 26.3. The van der Waals surface area contributed by atoms with Crippen LogP contribution in [0, 0.1) is 18.6 Å². The standard InChI is InChI=1S/C24H26F2N2O6S/c1-13(2)34-21(30)12-35(32,33)16-7-5-15(6-8-16)18(11-29)27-24(31)20-10-17-19(28(20)4)9-14(3)22(25)23(17)26/h5-10,13,18,29H,11-12H2,1-4H3,(H,27,31). The van der Waals surface area contributed by atoms with Crippen LogP contribution in [0.15, 0.2) is 41.3 Å². The zero-order valence-electron chi connectivity index (χ0n) is 19.6. The number of aryl methyl sites for hydroxylation is 2. The fourth-order valence-electron chi connectivity index (χ4n) is 3.66. The molecule has 0 saturated carbocycles. The van der Waals surface area contributed by atoms with Crippen molar-refractivity contribution in [2.45, 2.75) is 37.8 Å². The van der Waals surface area contributed by atoms with E-state index in [4.69, 9.17) is 4.74 Å². The second-order valence-electron chi connectivity index (χ2n) is 8.42. The molecule has 3 aromatic rings. The lowest BCUT2D eigenvalue weighted by molar-refractivity contribution is -0.144. The summed E-state index contributed by atoms with van der Waals surface area (Å²) in [6.45, 7) is 4.13. The molecular weight excluding hydrogens is 482 g/mol. The van der Waals surface area contributed by atoms with Gasteiger partial charge in [0.2, 0.25) is 0 Å². The number of benzene rings is 2. The summed E-state index contributed by atoms with van der Waals surface area (Å²) in [5.41, 5.74) is 0.878. The van der Waals surface area contributed by atoms with E-state index in [1.807, 2.05) is 0 Å². The normalized spacial score (nSPS) is 12.7. The number of aliphatic hydroxyl groups is 1. The molecule has 0 spiro atoms. The minimum atomic E-state index is -3.95. The van der Waals surface area contributed by atoms with Gasteiger partial charge in [-0.3, -0.25) is 9.59 Å². The van der Waals surface area contributed by atoms with Gasteiger partial charge in [-0.1, -0.05) is 12.1 Å². The third-order valence-electron chi connectivity index (χ3n) is 5.45. The van der Waals surface area contributed by atoms with Gasteiger partial charge in [0.1, 0.15) is 5.69 Å². The van der Waals surface area contributed by atoms with Gasteiger partial charge in [0.25, 0.3) is 5.91 Å². The number of fused-ring (bicyclic) bond motifs is 1. The Hall–Kier alpha value is -3.31. The number of amides is 1. The lowest BCUT2D eigenvalue weighted by Gasteiger charge is -2.17. The fourth-order valence-corrected chi connectivity index (χ4v) is 4.75. The molecule has 11 heteroatoms. The minimum Gasteiger partial charge on any atom is -0.462 e. The molecule has 0 aliphatic rings. The van der Waals surface area contributed by atoms with Crippen molar-refractivity contribution in [3.8, 4) is 0 Å². The van der Waals surface area contributed by atoms with Gasteiger partial charge in [-0.15, -0.1) is 0 Å². The molecule has 1 unspecified atom stereocenters. The summed E-state index contributed by atoms with van der Waals surface area (Å²) in [4.78, 5) is 24.5. The number of carbonyl (C=O) groups excluding carboxylic acids is 2. The highest BCUT2D eigenvalue weighted by Gasteiger charge is 2.24. The summed E-state index contributed by atoms with van der Waals surface area (Å²) in [7, 11) is -2.41. The van der Waals surface area contributed by atoms with Crippen molar-refractivity contribution < 1.29 is 36.6 Å². The number of nitrogens with one attached hydrogen (secondary N) is 1. The van der Waals surface area contributed by atoms with Gasteiger partial charge < -0.3 is 19.7 Å². The van der Waals surface area contributed by atoms with Crippen LogP contribution in [-0.4, -0.2) is 48.4 Å². The molecule has 3 rings (SSSR count). The first-order chi connectivity index (χ1) is 16.4. The topological polar surface area (TPSA) is 115 Å². The van der Waals surface area contributed by atoms with Gasteiger partial charge in [0.15, 0.2) is 27.2 Å². The summed E-state index contributed by atoms with van der Waals surface area (Å²) < 4.78 is 59.5. The van der Waals surface area contributed by atoms with E-state index >= 15 is 0 Å². The quantitative estimate of drug-likeness (QED) is 0.452. The predicted molar refractivity (Wildman–Crippen MR) is 125 cm³/mol. The van der Waals surface area contributed by atoms with Crippen LogP contribution in [0.25, 0.3) is 10.9 Å². The lowest BCUT2D eigenvalue weighted by Crippen LogP contribution is -2.32. The minimum absolute atomic E-state index is 0.0465. The monoisotopic (exact) mass is 508 g/mol. The van der Waals surface area contributed by atoms with E-state index in [0.29, 0.717) is 11.1 Å². The van der Waals surface area contributed by atoms with Gasteiger partial charge in [-0.25, -0.2) is 17.2 Å². The molecular formula is C24H26F2N2O6S. The molecule has 0 aliphatic heterocycles. The number of hydrogen-bond donors (Lipinski definition) is 2. The van der Waals surface area contributed by atoms with Crippen molar-refractivity contribution in [2.75, 3.05) is 12.4 Å². The van der Waals surface area contributed by atoms with Gasteiger partial charge in [-0.2, -0.15) is 0 Å². The molecule has 1 amide bonds. The smallest absolute Gasteiger partial charge is 0.321 e. The van der Waals surface area contributed by atoms with Gasteiger partial charge in [0.05, 0.1) is 29.2 Å². The van der Waals surface area contributed by atoms with E-state index in [1.54, 1.807) is 13.8 Å². The molecule has 0 fully saturated rings. The van der Waals surface area contributed by atoms with E-state index in [1.165, 1.54) is 54.9 Å². The van der Waals surface area contributed by atoms with Crippen molar-refractivity contribution in [1.82, 2.24) is 9.88 Å². The molecule has 0 radical (unpaired) electrons. The van der Waals surface area contributed by atoms with E-state index in [2.05, 4.69) is 5.32 Å². The number of ether oxygens (including phenoxy) is 1. The second-order valence-corrected chi connectivity index (χ2v) is 10.4. The highest BCUT2D eigenvalue weighted by Crippen LogP contribution is 2.27. The van der Waals surface area contributed by atoms with Crippen molar-refractivity contribution in [2.24, 2.45) is 7.05 Å². The Kier molecular flexibility index (Phi) is 7.61. The highest BCUT2D eigenvalue weighted by atomic mass is 32.2. The first-order valence-corrected chi connectivity index (χ1v) is 12.4. The number of sulfone groups is 1. The molecule has 0 saturated heterocycles. The maximum Gasteiger partial charge on any atom is 0.321 e. The van der Waals surface area contributed by atoms with Crippen molar-refractivity contribution in [1.29, 1.82) is 0 Å². The number of hydrogen-bond acceptors (Lipinski definition) is 6. The second kappa shape index (κ2) is 10.1. The number of aromatic nitrogens is 1. The molecule has 1 atom stereocenters. The van der Waals surface area contributed by atoms with Crippen molar-refractivity contribution in [3.63, 3.8) is 0 Å². The van der Waals surface area contributed by atoms with Crippen LogP contribution in [0.4, 0.5) is 8.78 Å². The Morgan fingerprint density at radius 2 is 1.74 bits per heavy atom. The van der Waals surface area contributed by atoms with Crippen molar-refractivity contribution >= 4 is 32.6 Å². The zero-order valence-corrected chi connectivity index (χ0v) is 20.4. The third kappa shape index (κ3) is 5.51. The molecule has 0 aliphatic carbocycles. The van der Waals surface area contributed by atoms with Gasteiger partial charge in [-0.05, 0) is 56.2 Å².